The van der Waals surface area contributed by atoms with E-state index in [0.717, 1.165) is 12.8 Å². The number of rotatable bonds is 6. The molecule has 1 aromatic rings. The summed E-state index contributed by atoms with van der Waals surface area (Å²) in [6, 6.07) is 6.79. The van der Waals surface area contributed by atoms with Crippen LogP contribution < -0.4 is 10.2 Å². The predicted molar refractivity (Wildman–Crippen MR) is 61.2 cm³/mol. The summed E-state index contributed by atoms with van der Waals surface area (Å²) in [5.74, 6) is 0.657. The summed E-state index contributed by atoms with van der Waals surface area (Å²) < 4.78 is 5.43. The van der Waals surface area contributed by atoms with Gasteiger partial charge in [0.15, 0.2) is 0 Å². The van der Waals surface area contributed by atoms with E-state index in [4.69, 9.17) is 14.8 Å². The fourth-order valence-electron chi connectivity index (χ4n) is 1.18. The van der Waals surface area contributed by atoms with Crippen LogP contribution in [0.25, 0.3) is 0 Å². The highest BCUT2D eigenvalue weighted by Gasteiger charge is 2.10. The first-order valence-electron chi connectivity index (χ1n) is 4.94. The molecule has 0 amide bonds. The Hall–Kier alpha value is -1.26. The summed E-state index contributed by atoms with van der Waals surface area (Å²) in [6.45, 7) is 4.23. The first kappa shape index (κ1) is 11.8. The Morgan fingerprint density at radius 3 is 2.87 bits per heavy atom. The summed E-state index contributed by atoms with van der Waals surface area (Å²) >= 11 is 0. The van der Waals surface area contributed by atoms with Crippen LogP contribution in [0.1, 0.15) is 12.8 Å². The summed E-state index contributed by atoms with van der Waals surface area (Å²) in [4.78, 5) is 0. The van der Waals surface area contributed by atoms with Crippen molar-refractivity contribution < 1.29 is 14.8 Å². The summed E-state index contributed by atoms with van der Waals surface area (Å²) in [7, 11) is -1.44. The highest BCUT2D eigenvalue weighted by atomic mass is 16.5. The van der Waals surface area contributed by atoms with Gasteiger partial charge < -0.3 is 14.8 Å². The Morgan fingerprint density at radius 1 is 1.40 bits per heavy atom. The van der Waals surface area contributed by atoms with Crippen LogP contribution in [-0.2, 0) is 0 Å². The summed E-state index contributed by atoms with van der Waals surface area (Å²) in [5, 5.41) is 17.9. The minimum absolute atomic E-state index is 0.441. The molecule has 0 aromatic heterocycles. The molecule has 0 atom stereocenters. The van der Waals surface area contributed by atoms with Crippen LogP contribution in [0.4, 0.5) is 0 Å². The van der Waals surface area contributed by atoms with E-state index in [1.54, 1.807) is 24.3 Å². The largest absolute Gasteiger partial charge is 0.494 e. The molecule has 0 aliphatic rings. The standard InChI is InChI=1S/C11H15BO3/c1-2-3-4-8-15-11-7-5-6-10(9-11)12(13)14/h2,5-7,9,13-14H,1,3-4,8H2. The Balaban J connectivity index is 2.46. The van der Waals surface area contributed by atoms with Gasteiger partial charge in [0.1, 0.15) is 5.75 Å². The predicted octanol–water partition coefficient (Wildman–Crippen LogP) is 0.711. The van der Waals surface area contributed by atoms with Gasteiger partial charge >= 0.3 is 7.12 Å². The highest BCUT2D eigenvalue weighted by molar-refractivity contribution is 6.58. The van der Waals surface area contributed by atoms with Crippen LogP contribution in [0.5, 0.6) is 5.75 Å². The van der Waals surface area contributed by atoms with E-state index >= 15 is 0 Å². The Bertz CT molecular complexity index is 312. The van der Waals surface area contributed by atoms with Gasteiger partial charge in [-0.25, -0.2) is 0 Å². The second kappa shape index (κ2) is 6.27. The zero-order valence-corrected chi connectivity index (χ0v) is 8.60. The van der Waals surface area contributed by atoms with Crippen molar-refractivity contribution in [1.29, 1.82) is 0 Å². The van der Waals surface area contributed by atoms with Crippen LogP contribution in [0.15, 0.2) is 36.9 Å². The van der Waals surface area contributed by atoms with Crippen molar-refractivity contribution in [2.45, 2.75) is 12.8 Å². The summed E-state index contributed by atoms with van der Waals surface area (Å²) in [5.41, 5.74) is 0.441. The van der Waals surface area contributed by atoms with Gasteiger partial charge in [0.05, 0.1) is 6.61 Å². The van der Waals surface area contributed by atoms with Crippen LogP contribution >= 0.6 is 0 Å². The van der Waals surface area contributed by atoms with Gasteiger partial charge in [-0.3, -0.25) is 0 Å². The van der Waals surface area contributed by atoms with Gasteiger partial charge in [-0.05, 0) is 30.4 Å². The van der Waals surface area contributed by atoms with E-state index in [-0.39, 0.29) is 0 Å². The van der Waals surface area contributed by atoms with Crippen molar-refractivity contribution in [1.82, 2.24) is 0 Å². The van der Waals surface area contributed by atoms with E-state index in [1.165, 1.54) is 0 Å². The third-order valence-corrected chi connectivity index (χ3v) is 1.98. The van der Waals surface area contributed by atoms with E-state index in [0.29, 0.717) is 17.8 Å². The second-order valence-electron chi connectivity index (χ2n) is 3.23. The molecule has 15 heavy (non-hydrogen) atoms. The lowest BCUT2D eigenvalue weighted by molar-refractivity contribution is 0.312. The van der Waals surface area contributed by atoms with Gasteiger partial charge in [-0.1, -0.05) is 18.2 Å². The van der Waals surface area contributed by atoms with Crippen molar-refractivity contribution >= 4 is 12.6 Å². The van der Waals surface area contributed by atoms with Gasteiger partial charge in [-0.15, -0.1) is 6.58 Å². The molecule has 0 bridgehead atoms. The molecule has 0 saturated heterocycles. The zero-order chi connectivity index (χ0) is 11.1. The molecule has 0 unspecified atom stereocenters. The van der Waals surface area contributed by atoms with Gasteiger partial charge in [0.25, 0.3) is 0 Å². The molecule has 3 nitrogen and oxygen atoms in total. The number of allylic oxidation sites excluding steroid dienone is 1. The van der Waals surface area contributed by atoms with Crippen molar-refractivity contribution in [2.75, 3.05) is 6.61 Å². The minimum Gasteiger partial charge on any atom is -0.494 e. The first-order valence-corrected chi connectivity index (χ1v) is 4.94. The summed E-state index contributed by atoms with van der Waals surface area (Å²) in [6.07, 6.45) is 3.68. The number of hydrogen-bond donors (Lipinski definition) is 2. The highest BCUT2D eigenvalue weighted by Crippen LogP contribution is 2.08. The molecule has 4 heteroatoms. The number of unbranched alkanes of at least 4 members (excludes halogenated alkanes) is 1. The molecule has 0 saturated carbocycles. The van der Waals surface area contributed by atoms with Gasteiger partial charge in [0.2, 0.25) is 0 Å². The smallest absolute Gasteiger partial charge is 0.488 e. The number of ether oxygens (including phenoxy) is 1. The monoisotopic (exact) mass is 206 g/mol. The van der Waals surface area contributed by atoms with Crippen LogP contribution in [0.3, 0.4) is 0 Å². The fraction of sp³-hybridized carbons (Fsp3) is 0.273. The lowest BCUT2D eigenvalue weighted by Gasteiger charge is -2.06. The maximum absolute atomic E-state index is 8.94. The maximum Gasteiger partial charge on any atom is 0.488 e. The molecular formula is C11H15BO3. The molecule has 0 aliphatic carbocycles. The SMILES string of the molecule is C=CCCCOc1cccc(B(O)O)c1. The van der Waals surface area contributed by atoms with Crippen LogP contribution in [0.2, 0.25) is 0 Å². The molecule has 0 heterocycles. The lowest BCUT2D eigenvalue weighted by Crippen LogP contribution is -2.29. The van der Waals surface area contributed by atoms with E-state index in [9.17, 15) is 0 Å². The lowest BCUT2D eigenvalue weighted by atomic mass is 9.80. The van der Waals surface area contributed by atoms with Crippen LogP contribution in [0, 0.1) is 0 Å². The first-order chi connectivity index (χ1) is 7.24. The minimum atomic E-state index is -1.44. The molecule has 1 aromatic carbocycles. The molecule has 0 radical (unpaired) electrons. The normalized spacial score (nSPS) is 9.73. The molecule has 2 N–H and O–H groups in total. The number of hydrogen-bond acceptors (Lipinski definition) is 3. The number of benzene rings is 1. The molecular weight excluding hydrogens is 191 g/mol. The zero-order valence-electron chi connectivity index (χ0n) is 8.60. The van der Waals surface area contributed by atoms with Gasteiger partial charge in [0, 0.05) is 0 Å². The topological polar surface area (TPSA) is 49.7 Å². The molecule has 0 aliphatic heterocycles. The molecule has 0 fully saturated rings. The second-order valence-corrected chi connectivity index (χ2v) is 3.23. The third kappa shape index (κ3) is 4.19. The van der Waals surface area contributed by atoms with Crippen molar-refractivity contribution in [3.8, 4) is 5.75 Å². The van der Waals surface area contributed by atoms with Gasteiger partial charge in [-0.2, -0.15) is 0 Å². The quantitative estimate of drug-likeness (QED) is 0.409. The van der Waals surface area contributed by atoms with Crippen molar-refractivity contribution in [2.24, 2.45) is 0 Å². The molecule has 1 rings (SSSR count). The van der Waals surface area contributed by atoms with E-state index in [1.807, 2.05) is 6.08 Å². The Morgan fingerprint density at radius 2 is 2.20 bits per heavy atom. The molecule has 0 spiro atoms. The average molecular weight is 206 g/mol. The average Bonchev–Trinajstić information content (AvgIpc) is 2.25. The van der Waals surface area contributed by atoms with Crippen molar-refractivity contribution in [3.63, 3.8) is 0 Å². The van der Waals surface area contributed by atoms with Crippen LogP contribution in [-0.4, -0.2) is 23.8 Å². The van der Waals surface area contributed by atoms with Crippen molar-refractivity contribution in [3.05, 3.63) is 36.9 Å². The molecule has 80 valence electrons. The fourth-order valence-corrected chi connectivity index (χ4v) is 1.18. The third-order valence-electron chi connectivity index (χ3n) is 1.98. The Kier molecular flexibility index (Phi) is 4.94. The van der Waals surface area contributed by atoms with E-state index in [2.05, 4.69) is 6.58 Å². The maximum atomic E-state index is 8.94. The van der Waals surface area contributed by atoms with E-state index < -0.39 is 7.12 Å². The Labute approximate surface area is 90.2 Å².